The number of ether oxygens (including phenoxy) is 2. The highest BCUT2D eigenvalue weighted by molar-refractivity contribution is 5.89. The van der Waals surface area contributed by atoms with Gasteiger partial charge in [0, 0.05) is 29.7 Å². The largest absolute Gasteiger partial charge is 0.508 e. The van der Waals surface area contributed by atoms with Crippen LogP contribution in [0.3, 0.4) is 0 Å². The van der Waals surface area contributed by atoms with E-state index >= 15 is 0 Å². The number of phenols is 3. The highest BCUT2D eigenvalue weighted by atomic mass is 16.5. The number of hydrogen-bond acceptors (Lipinski definition) is 8. The lowest BCUT2D eigenvalue weighted by Gasteiger charge is -2.38. The Morgan fingerprint density at radius 3 is 2.55 bits per heavy atom. The second-order valence-corrected chi connectivity index (χ2v) is 7.52. The summed E-state index contributed by atoms with van der Waals surface area (Å²) in [5.74, 6) is -0.372. The Balaban J connectivity index is 1.99. The molecule has 1 aromatic heterocycles. The minimum absolute atomic E-state index is 0.00108. The van der Waals surface area contributed by atoms with E-state index in [2.05, 4.69) is 0 Å². The molecule has 0 amide bonds. The van der Waals surface area contributed by atoms with Gasteiger partial charge in [-0.05, 0) is 19.9 Å². The average Bonchev–Trinajstić information content (AvgIpc) is 2.64. The van der Waals surface area contributed by atoms with Crippen molar-refractivity contribution in [2.45, 2.75) is 32.0 Å². The van der Waals surface area contributed by atoms with E-state index in [4.69, 9.17) is 13.9 Å². The van der Waals surface area contributed by atoms with Gasteiger partial charge < -0.3 is 34.3 Å². The zero-order valence-electron chi connectivity index (χ0n) is 16.0. The van der Waals surface area contributed by atoms with Crippen molar-refractivity contribution in [2.75, 3.05) is 7.11 Å². The molecule has 0 radical (unpaired) electrons. The molecule has 4 N–H and O–H groups in total. The second-order valence-electron chi connectivity index (χ2n) is 7.52. The van der Waals surface area contributed by atoms with Gasteiger partial charge in [0.2, 0.25) is 5.43 Å². The van der Waals surface area contributed by atoms with Crippen LogP contribution in [0, 0.1) is 0 Å². The minimum Gasteiger partial charge on any atom is -0.508 e. The fourth-order valence-electron chi connectivity index (χ4n) is 3.52. The topological polar surface area (TPSA) is 130 Å². The van der Waals surface area contributed by atoms with Gasteiger partial charge in [-0.25, -0.2) is 0 Å². The molecule has 29 heavy (non-hydrogen) atoms. The van der Waals surface area contributed by atoms with E-state index in [0.29, 0.717) is 11.3 Å². The summed E-state index contributed by atoms with van der Waals surface area (Å²) in [7, 11) is 1.43. The van der Waals surface area contributed by atoms with E-state index in [1.165, 1.54) is 19.2 Å². The van der Waals surface area contributed by atoms with Crippen LogP contribution in [0.4, 0.5) is 0 Å². The molecule has 0 unspecified atom stereocenters. The summed E-state index contributed by atoms with van der Waals surface area (Å²) in [6.07, 6.45) is 0.339. The van der Waals surface area contributed by atoms with E-state index in [1.807, 2.05) is 0 Å². The molecule has 2 heterocycles. The normalized spacial score (nSPS) is 17.6. The van der Waals surface area contributed by atoms with Crippen LogP contribution in [0.5, 0.6) is 28.7 Å². The summed E-state index contributed by atoms with van der Waals surface area (Å²) in [5, 5.41) is 40.8. The van der Waals surface area contributed by atoms with Crippen molar-refractivity contribution in [1.29, 1.82) is 0 Å². The number of rotatable bonds is 2. The highest BCUT2D eigenvalue weighted by Gasteiger charge is 2.39. The number of methoxy groups -OCH3 is 1. The molecule has 0 bridgehead atoms. The highest BCUT2D eigenvalue weighted by Crippen LogP contribution is 2.48. The average molecular weight is 400 g/mol. The van der Waals surface area contributed by atoms with Gasteiger partial charge >= 0.3 is 0 Å². The standard InChI is InChI=1S/C21H20O8/c1-21(2)16(24)7-11-18(25)10(6-15(27-3)20(11)29-21)12-8-28-14-5-9(22)4-13(23)17(14)19(12)26/h4-6,8,16,22-25H,7H2,1-3H3/t16-/m0/s1. The molecular weight excluding hydrogens is 380 g/mol. The molecule has 1 aliphatic heterocycles. The van der Waals surface area contributed by atoms with Crippen LogP contribution >= 0.6 is 0 Å². The maximum Gasteiger partial charge on any atom is 0.204 e. The van der Waals surface area contributed by atoms with Crippen LogP contribution in [-0.4, -0.2) is 39.2 Å². The number of aliphatic hydroxyl groups is 1. The third-order valence-corrected chi connectivity index (χ3v) is 5.23. The van der Waals surface area contributed by atoms with Gasteiger partial charge in [-0.1, -0.05) is 0 Å². The molecule has 0 spiro atoms. The van der Waals surface area contributed by atoms with Gasteiger partial charge in [-0.2, -0.15) is 0 Å². The van der Waals surface area contributed by atoms with Crippen molar-refractivity contribution < 1.29 is 34.3 Å². The molecule has 152 valence electrons. The summed E-state index contributed by atoms with van der Waals surface area (Å²) in [4.78, 5) is 13.0. The molecule has 8 nitrogen and oxygen atoms in total. The van der Waals surface area contributed by atoms with Crippen molar-refractivity contribution in [1.82, 2.24) is 0 Å². The predicted octanol–water partition coefficient (Wildman–Crippen LogP) is 2.66. The van der Waals surface area contributed by atoms with E-state index in [-0.39, 0.29) is 45.8 Å². The number of benzene rings is 2. The monoisotopic (exact) mass is 400 g/mol. The molecule has 1 atom stereocenters. The SMILES string of the molecule is COc1cc(-c2coc3cc(O)cc(O)c3c2=O)c(O)c2c1OC(C)(C)[C@@H](O)C2. The smallest absolute Gasteiger partial charge is 0.204 e. The first-order valence-corrected chi connectivity index (χ1v) is 8.91. The summed E-state index contributed by atoms with van der Waals surface area (Å²) in [6, 6.07) is 3.68. The lowest BCUT2D eigenvalue weighted by molar-refractivity contribution is -0.0430. The van der Waals surface area contributed by atoms with Gasteiger partial charge in [-0.3, -0.25) is 4.79 Å². The maximum atomic E-state index is 13.0. The van der Waals surface area contributed by atoms with Crippen molar-refractivity contribution >= 4 is 11.0 Å². The third-order valence-electron chi connectivity index (χ3n) is 5.23. The van der Waals surface area contributed by atoms with Crippen LogP contribution in [0.25, 0.3) is 22.1 Å². The van der Waals surface area contributed by atoms with Crippen LogP contribution in [0.15, 0.2) is 33.7 Å². The molecule has 2 aromatic carbocycles. The number of aromatic hydroxyl groups is 3. The Bertz CT molecular complexity index is 1190. The van der Waals surface area contributed by atoms with Crippen LogP contribution in [0.2, 0.25) is 0 Å². The minimum atomic E-state index is -0.888. The van der Waals surface area contributed by atoms with Crippen molar-refractivity contribution in [2.24, 2.45) is 0 Å². The van der Waals surface area contributed by atoms with Crippen LogP contribution in [-0.2, 0) is 6.42 Å². The van der Waals surface area contributed by atoms with Gasteiger partial charge in [0.05, 0.1) is 18.8 Å². The zero-order valence-corrected chi connectivity index (χ0v) is 16.0. The molecule has 0 aliphatic carbocycles. The summed E-state index contributed by atoms with van der Waals surface area (Å²) < 4.78 is 16.7. The lowest BCUT2D eigenvalue weighted by Crippen LogP contribution is -2.46. The summed E-state index contributed by atoms with van der Waals surface area (Å²) in [5.41, 5.74) is -1.08. The van der Waals surface area contributed by atoms with Crippen molar-refractivity contribution in [3.8, 4) is 39.9 Å². The van der Waals surface area contributed by atoms with Gasteiger partial charge in [-0.15, -0.1) is 0 Å². The Kier molecular flexibility index (Phi) is 4.13. The van der Waals surface area contributed by atoms with E-state index in [0.717, 1.165) is 12.3 Å². The molecule has 0 saturated heterocycles. The Hall–Kier alpha value is -3.39. The van der Waals surface area contributed by atoms with E-state index in [9.17, 15) is 25.2 Å². The van der Waals surface area contributed by atoms with Crippen molar-refractivity contribution in [3.05, 3.63) is 40.2 Å². The maximum absolute atomic E-state index is 13.0. The van der Waals surface area contributed by atoms with Gasteiger partial charge in [0.25, 0.3) is 0 Å². The number of hydrogen-bond donors (Lipinski definition) is 4. The number of phenolic OH excluding ortho intramolecular Hbond substituents is 3. The zero-order chi connectivity index (χ0) is 21.1. The van der Waals surface area contributed by atoms with Crippen LogP contribution < -0.4 is 14.9 Å². The molecule has 4 rings (SSSR count). The third kappa shape index (κ3) is 2.84. The Morgan fingerprint density at radius 2 is 1.86 bits per heavy atom. The Labute approximate surface area is 165 Å². The number of fused-ring (bicyclic) bond motifs is 2. The molecule has 8 heteroatoms. The first-order valence-electron chi connectivity index (χ1n) is 8.91. The quantitative estimate of drug-likeness (QED) is 0.517. The first-order chi connectivity index (χ1) is 13.6. The summed E-state index contributed by atoms with van der Waals surface area (Å²) in [6.45, 7) is 3.45. The van der Waals surface area contributed by atoms with Gasteiger partial charge in [0.1, 0.15) is 40.1 Å². The van der Waals surface area contributed by atoms with Crippen molar-refractivity contribution in [3.63, 3.8) is 0 Å². The van der Waals surface area contributed by atoms with E-state index < -0.39 is 22.9 Å². The second kappa shape index (κ2) is 6.31. The van der Waals surface area contributed by atoms with Crippen LogP contribution in [0.1, 0.15) is 19.4 Å². The molecule has 1 aliphatic rings. The molecular formula is C21H20O8. The first kappa shape index (κ1) is 18.9. The predicted molar refractivity (Wildman–Crippen MR) is 104 cm³/mol. The number of aliphatic hydroxyl groups excluding tert-OH is 1. The fourth-order valence-corrected chi connectivity index (χ4v) is 3.52. The van der Waals surface area contributed by atoms with Gasteiger partial charge in [0.15, 0.2) is 11.5 Å². The summed E-state index contributed by atoms with van der Waals surface area (Å²) >= 11 is 0. The molecule has 0 fully saturated rings. The molecule has 0 saturated carbocycles. The molecule has 3 aromatic rings. The lowest BCUT2D eigenvalue weighted by atomic mass is 9.88. The fraction of sp³-hybridized carbons (Fsp3) is 0.286. The van der Waals surface area contributed by atoms with E-state index in [1.54, 1.807) is 13.8 Å². The Morgan fingerprint density at radius 1 is 1.14 bits per heavy atom.